The highest BCUT2D eigenvalue weighted by atomic mass is 35.5. The lowest BCUT2D eigenvalue weighted by molar-refractivity contribution is -0.162. The Bertz CT molecular complexity index is 1130. The van der Waals surface area contributed by atoms with Gasteiger partial charge in [0, 0.05) is 18.9 Å². The Morgan fingerprint density at radius 2 is 1.64 bits per heavy atom. The standard InChI is InChI=1S/C23H24ClNO7S/c1-15-4-10-20(11-5-15)33(28,29)25(19-8-6-18(24)7-9-19)23-13-12-21(31-17(3)27)22(32-23)14-30-16(2)26/h4-13,21-23H,14H2,1-3H3/t21-,22+,23-/m0/s1. The Balaban J connectivity index is 2.04. The molecule has 3 rings (SSSR count). The van der Waals surface area contributed by atoms with Crippen molar-refractivity contribution in [1.29, 1.82) is 0 Å². The van der Waals surface area contributed by atoms with Crippen LogP contribution in [0.1, 0.15) is 19.4 Å². The summed E-state index contributed by atoms with van der Waals surface area (Å²) in [7, 11) is -4.08. The van der Waals surface area contributed by atoms with Gasteiger partial charge in [-0.25, -0.2) is 12.7 Å². The number of esters is 2. The van der Waals surface area contributed by atoms with Crippen molar-refractivity contribution in [3.63, 3.8) is 0 Å². The SMILES string of the molecule is CC(=O)OC[C@H]1O[C@H](N(c2ccc(Cl)cc2)S(=O)(=O)c2ccc(C)cc2)C=C[C@@H]1OC(C)=O. The molecule has 0 saturated heterocycles. The van der Waals surface area contributed by atoms with Crippen molar-refractivity contribution in [2.24, 2.45) is 0 Å². The lowest BCUT2D eigenvalue weighted by atomic mass is 10.1. The first-order chi connectivity index (χ1) is 15.6. The van der Waals surface area contributed by atoms with E-state index in [1.54, 1.807) is 36.4 Å². The molecule has 0 bridgehead atoms. The topological polar surface area (TPSA) is 99.2 Å². The van der Waals surface area contributed by atoms with Crippen molar-refractivity contribution >= 4 is 39.3 Å². The Labute approximate surface area is 197 Å². The normalized spacial score (nSPS) is 20.2. The van der Waals surface area contributed by atoms with Crippen LogP contribution in [0, 0.1) is 6.92 Å². The maximum absolute atomic E-state index is 13.7. The summed E-state index contributed by atoms with van der Waals surface area (Å²) in [5.74, 6) is -1.10. The average molecular weight is 494 g/mol. The van der Waals surface area contributed by atoms with Gasteiger partial charge >= 0.3 is 11.9 Å². The number of carbonyl (C=O) groups is 2. The van der Waals surface area contributed by atoms with E-state index in [0.717, 1.165) is 9.87 Å². The monoisotopic (exact) mass is 493 g/mol. The Kier molecular flexibility index (Phi) is 7.78. The molecule has 0 aliphatic carbocycles. The summed E-state index contributed by atoms with van der Waals surface area (Å²) in [6.45, 7) is 4.10. The molecule has 2 aromatic carbocycles. The van der Waals surface area contributed by atoms with Gasteiger partial charge in [0.15, 0.2) is 6.23 Å². The highest BCUT2D eigenvalue weighted by molar-refractivity contribution is 7.92. The quantitative estimate of drug-likeness (QED) is 0.429. The Hall–Kier alpha value is -2.88. The zero-order valence-corrected chi connectivity index (χ0v) is 19.9. The second-order valence-electron chi connectivity index (χ2n) is 7.42. The van der Waals surface area contributed by atoms with E-state index in [1.165, 1.54) is 38.1 Å². The number of carbonyl (C=O) groups excluding carboxylic acids is 2. The first-order valence-electron chi connectivity index (χ1n) is 10.1. The van der Waals surface area contributed by atoms with E-state index in [1.807, 2.05) is 6.92 Å². The van der Waals surface area contributed by atoms with Gasteiger partial charge in [-0.05, 0) is 55.5 Å². The highest BCUT2D eigenvalue weighted by Gasteiger charge is 2.38. The molecule has 10 heteroatoms. The molecule has 3 atom stereocenters. The van der Waals surface area contributed by atoms with Gasteiger partial charge < -0.3 is 14.2 Å². The van der Waals surface area contributed by atoms with E-state index in [-0.39, 0.29) is 11.5 Å². The van der Waals surface area contributed by atoms with E-state index in [2.05, 4.69) is 0 Å². The van der Waals surface area contributed by atoms with Crippen LogP contribution in [0.4, 0.5) is 5.69 Å². The summed E-state index contributed by atoms with van der Waals surface area (Å²) < 4.78 is 44.7. The number of rotatable bonds is 7. The minimum absolute atomic E-state index is 0.0682. The number of nitrogens with zero attached hydrogens (tertiary/aromatic N) is 1. The van der Waals surface area contributed by atoms with Crippen LogP contribution in [-0.2, 0) is 33.8 Å². The first kappa shape index (κ1) is 24.8. The Morgan fingerprint density at radius 3 is 2.21 bits per heavy atom. The number of sulfonamides is 1. The predicted octanol–water partition coefficient (Wildman–Crippen LogP) is 3.62. The number of benzene rings is 2. The third-order valence-corrected chi connectivity index (χ3v) is 6.85. The average Bonchev–Trinajstić information content (AvgIpc) is 2.75. The fourth-order valence-electron chi connectivity index (χ4n) is 3.24. The van der Waals surface area contributed by atoms with Crippen molar-refractivity contribution < 1.29 is 32.2 Å². The van der Waals surface area contributed by atoms with Crippen LogP contribution in [0.5, 0.6) is 0 Å². The van der Waals surface area contributed by atoms with Gasteiger partial charge in [0.2, 0.25) is 0 Å². The number of ether oxygens (including phenoxy) is 3. The zero-order chi connectivity index (χ0) is 24.2. The van der Waals surface area contributed by atoms with E-state index < -0.39 is 40.4 Å². The Morgan fingerprint density at radius 1 is 1.00 bits per heavy atom. The summed E-state index contributed by atoms with van der Waals surface area (Å²) >= 11 is 6.00. The number of hydrogen-bond donors (Lipinski definition) is 0. The van der Waals surface area contributed by atoms with E-state index in [0.29, 0.717) is 10.7 Å². The smallest absolute Gasteiger partial charge is 0.303 e. The molecule has 8 nitrogen and oxygen atoms in total. The summed E-state index contributed by atoms with van der Waals surface area (Å²) in [4.78, 5) is 22.9. The zero-order valence-electron chi connectivity index (χ0n) is 18.3. The fraction of sp³-hybridized carbons (Fsp3) is 0.304. The molecule has 0 fully saturated rings. The van der Waals surface area contributed by atoms with Gasteiger partial charge in [0.25, 0.3) is 10.0 Å². The molecule has 176 valence electrons. The molecule has 33 heavy (non-hydrogen) atoms. The summed E-state index contributed by atoms with van der Waals surface area (Å²) in [6, 6.07) is 12.7. The minimum atomic E-state index is -4.08. The molecule has 0 amide bonds. The van der Waals surface area contributed by atoms with Crippen molar-refractivity contribution in [3.05, 3.63) is 71.3 Å². The maximum Gasteiger partial charge on any atom is 0.303 e. The van der Waals surface area contributed by atoms with Gasteiger partial charge in [-0.1, -0.05) is 29.3 Å². The molecule has 0 unspecified atom stereocenters. The van der Waals surface area contributed by atoms with Crippen LogP contribution in [0.2, 0.25) is 5.02 Å². The molecule has 0 saturated carbocycles. The predicted molar refractivity (Wildman–Crippen MR) is 122 cm³/mol. The van der Waals surface area contributed by atoms with Crippen molar-refractivity contribution in [1.82, 2.24) is 0 Å². The van der Waals surface area contributed by atoms with Crippen molar-refractivity contribution in [2.75, 3.05) is 10.9 Å². The lowest BCUT2D eigenvalue weighted by Crippen LogP contribution is -2.49. The van der Waals surface area contributed by atoms with Gasteiger partial charge in [0.1, 0.15) is 18.8 Å². The molecule has 0 radical (unpaired) electrons. The number of aryl methyl sites for hydroxylation is 1. The summed E-state index contributed by atoms with van der Waals surface area (Å²) in [5.41, 5.74) is 1.22. The minimum Gasteiger partial charge on any atom is -0.463 e. The summed E-state index contributed by atoms with van der Waals surface area (Å²) in [5, 5.41) is 0.439. The third kappa shape index (κ3) is 6.13. The van der Waals surface area contributed by atoms with Crippen LogP contribution in [0.3, 0.4) is 0 Å². The third-order valence-electron chi connectivity index (χ3n) is 4.79. The molecule has 0 spiro atoms. The molecular formula is C23H24ClNO7S. The lowest BCUT2D eigenvalue weighted by Gasteiger charge is -2.37. The van der Waals surface area contributed by atoms with E-state index >= 15 is 0 Å². The number of anilines is 1. The number of hydrogen-bond acceptors (Lipinski definition) is 7. The molecule has 0 aromatic heterocycles. The molecule has 0 N–H and O–H groups in total. The fourth-order valence-corrected chi connectivity index (χ4v) is 4.86. The van der Waals surface area contributed by atoms with Gasteiger partial charge in [0.05, 0.1) is 10.6 Å². The second-order valence-corrected chi connectivity index (χ2v) is 9.67. The number of halogens is 1. The first-order valence-corrected chi connectivity index (χ1v) is 11.9. The van der Waals surface area contributed by atoms with E-state index in [9.17, 15) is 18.0 Å². The van der Waals surface area contributed by atoms with Crippen molar-refractivity contribution in [3.8, 4) is 0 Å². The van der Waals surface area contributed by atoms with Gasteiger partial charge in [-0.15, -0.1) is 0 Å². The maximum atomic E-state index is 13.7. The van der Waals surface area contributed by atoms with Gasteiger partial charge in [-0.2, -0.15) is 0 Å². The molecule has 1 aliphatic heterocycles. The molecule has 1 aliphatic rings. The van der Waals surface area contributed by atoms with Crippen LogP contribution < -0.4 is 4.31 Å². The molecular weight excluding hydrogens is 470 g/mol. The van der Waals surface area contributed by atoms with Crippen LogP contribution in [0.15, 0.2) is 65.6 Å². The van der Waals surface area contributed by atoms with Gasteiger partial charge in [-0.3, -0.25) is 9.59 Å². The second kappa shape index (κ2) is 10.4. The van der Waals surface area contributed by atoms with E-state index in [4.69, 9.17) is 25.8 Å². The molecule has 2 aromatic rings. The highest BCUT2D eigenvalue weighted by Crippen LogP contribution is 2.31. The van der Waals surface area contributed by atoms with Crippen LogP contribution in [0.25, 0.3) is 0 Å². The van der Waals surface area contributed by atoms with Crippen molar-refractivity contribution in [2.45, 2.75) is 44.1 Å². The summed E-state index contributed by atoms with van der Waals surface area (Å²) in [6.07, 6.45) is 0.128. The van der Waals surface area contributed by atoms with Crippen LogP contribution in [-0.4, -0.2) is 45.4 Å². The molecule has 1 heterocycles. The largest absolute Gasteiger partial charge is 0.463 e. The van der Waals surface area contributed by atoms with Crippen LogP contribution >= 0.6 is 11.6 Å².